The SMILES string of the molecule is CCOCc1c(C(=O)OCC(=O)c2ccc(NC(=O)C(C)C)cc2)oc2ccccc12. The number of carbonyl (C=O) groups is 3. The van der Waals surface area contributed by atoms with Gasteiger partial charge in [0.05, 0.1) is 6.61 Å². The fourth-order valence-electron chi connectivity index (χ4n) is 2.92. The second kappa shape index (κ2) is 10.0. The maximum atomic E-state index is 12.6. The minimum atomic E-state index is -0.722. The van der Waals surface area contributed by atoms with Crippen LogP contribution in [-0.4, -0.2) is 30.9 Å². The minimum Gasteiger partial charge on any atom is -0.451 e. The highest BCUT2D eigenvalue weighted by Crippen LogP contribution is 2.27. The summed E-state index contributed by atoms with van der Waals surface area (Å²) >= 11 is 0. The number of hydrogen-bond acceptors (Lipinski definition) is 6. The van der Waals surface area contributed by atoms with Crippen LogP contribution >= 0.6 is 0 Å². The number of benzene rings is 2. The van der Waals surface area contributed by atoms with E-state index >= 15 is 0 Å². The highest BCUT2D eigenvalue weighted by atomic mass is 16.5. The fraction of sp³-hybridized carbons (Fsp3) is 0.292. The van der Waals surface area contributed by atoms with Crippen molar-refractivity contribution < 1.29 is 28.3 Å². The first-order chi connectivity index (χ1) is 14.9. The topological polar surface area (TPSA) is 94.8 Å². The molecular formula is C24H25NO6. The van der Waals surface area contributed by atoms with Gasteiger partial charge in [-0.05, 0) is 37.3 Å². The number of hydrogen-bond donors (Lipinski definition) is 1. The third kappa shape index (κ3) is 5.38. The summed E-state index contributed by atoms with van der Waals surface area (Å²) in [6.45, 7) is 5.71. The molecule has 3 aromatic rings. The Morgan fingerprint density at radius 1 is 1.03 bits per heavy atom. The van der Waals surface area contributed by atoms with Crippen molar-refractivity contribution in [1.29, 1.82) is 0 Å². The molecule has 0 aliphatic rings. The van der Waals surface area contributed by atoms with Crippen molar-refractivity contribution in [2.24, 2.45) is 5.92 Å². The summed E-state index contributed by atoms with van der Waals surface area (Å²) in [4.78, 5) is 36.8. The van der Waals surface area contributed by atoms with E-state index in [1.54, 1.807) is 44.2 Å². The van der Waals surface area contributed by atoms with Gasteiger partial charge in [-0.25, -0.2) is 4.79 Å². The van der Waals surface area contributed by atoms with Gasteiger partial charge in [-0.2, -0.15) is 0 Å². The zero-order valence-corrected chi connectivity index (χ0v) is 17.8. The van der Waals surface area contributed by atoms with Crippen LogP contribution in [0.2, 0.25) is 0 Å². The monoisotopic (exact) mass is 423 g/mol. The van der Waals surface area contributed by atoms with E-state index in [2.05, 4.69) is 5.32 Å². The molecule has 2 aromatic carbocycles. The van der Waals surface area contributed by atoms with Gasteiger partial charge in [-0.1, -0.05) is 32.0 Å². The Morgan fingerprint density at radius 2 is 1.74 bits per heavy atom. The predicted molar refractivity (Wildman–Crippen MR) is 116 cm³/mol. The zero-order chi connectivity index (χ0) is 22.4. The summed E-state index contributed by atoms with van der Waals surface area (Å²) in [7, 11) is 0. The van der Waals surface area contributed by atoms with Gasteiger partial charge in [0.1, 0.15) is 5.58 Å². The number of amides is 1. The Kier molecular flexibility index (Phi) is 7.20. The van der Waals surface area contributed by atoms with Crippen LogP contribution in [0.25, 0.3) is 11.0 Å². The number of para-hydroxylation sites is 1. The van der Waals surface area contributed by atoms with Gasteiger partial charge < -0.3 is 19.2 Å². The molecule has 0 unspecified atom stereocenters. The molecule has 1 heterocycles. The van der Waals surface area contributed by atoms with Crippen LogP contribution in [0.5, 0.6) is 0 Å². The maximum Gasteiger partial charge on any atom is 0.375 e. The van der Waals surface area contributed by atoms with Gasteiger partial charge in [-0.3, -0.25) is 9.59 Å². The molecule has 0 saturated carbocycles. The number of anilines is 1. The number of furan rings is 1. The van der Waals surface area contributed by atoms with E-state index in [1.807, 2.05) is 25.1 Å². The molecule has 1 amide bonds. The second-order valence-corrected chi connectivity index (χ2v) is 7.26. The summed E-state index contributed by atoms with van der Waals surface area (Å²) in [6, 6.07) is 13.7. The van der Waals surface area contributed by atoms with E-state index in [0.29, 0.717) is 29.0 Å². The van der Waals surface area contributed by atoms with Crippen molar-refractivity contribution in [1.82, 2.24) is 0 Å². The molecule has 31 heavy (non-hydrogen) atoms. The van der Waals surface area contributed by atoms with Gasteiger partial charge in [0, 0.05) is 34.7 Å². The molecule has 7 nitrogen and oxygen atoms in total. The van der Waals surface area contributed by atoms with E-state index < -0.39 is 12.6 Å². The molecule has 1 aromatic heterocycles. The zero-order valence-electron chi connectivity index (χ0n) is 17.8. The molecule has 0 radical (unpaired) electrons. The van der Waals surface area contributed by atoms with Crippen LogP contribution in [0, 0.1) is 5.92 Å². The average molecular weight is 423 g/mol. The number of Topliss-reactive ketones (excluding diaryl/α,β-unsaturated/α-hetero) is 1. The summed E-state index contributed by atoms with van der Waals surface area (Å²) < 4.78 is 16.3. The molecule has 0 aliphatic carbocycles. The lowest BCUT2D eigenvalue weighted by Crippen LogP contribution is -2.18. The van der Waals surface area contributed by atoms with E-state index in [0.717, 1.165) is 5.39 Å². The van der Waals surface area contributed by atoms with Crippen LogP contribution in [-0.2, 0) is 20.9 Å². The Morgan fingerprint density at radius 3 is 2.42 bits per heavy atom. The predicted octanol–water partition coefficient (Wildman–Crippen LogP) is 4.60. The van der Waals surface area contributed by atoms with E-state index in [-0.39, 0.29) is 30.0 Å². The fourth-order valence-corrected chi connectivity index (χ4v) is 2.92. The number of fused-ring (bicyclic) bond motifs is 1. The van der Waals surface area contributed by atoms with Crippen molar-refractivity contribution in [3.8, 4) is 0 Å². The Labute approximate surface area is 180 Å². The number of nitrogens with one attached hydrogen (secondary N) is 1. The lowest BCUT2D eigenvalue weighted by Gasteiger charge is -2.08. The molecule has 0 aliphatic heterocycles. The Bertz CT molecular complexity index is 1080. The quantitative estimate of drug-likeness (QED) is 0.399. The molecule has 3 rings (SSSR count). The summed E-state index contributed by atoms with van der Waals surface area (Å²) in [5.41, 5.74) is 2.11. The van der Waals surface area contributed by atoms with Crippen LogP contribution in [0.15, 0.2) is 52.9 Å². The highest BCUT2D eigenvalue weighted by molar-refractivity contribution is 6.01. The van der Waals surface area contributed by atoms with E-state index in [9.17, 15) is 14.4 Å². The smallest absolute Gasteiger partial charge is 0.375 e. The van der Waals surface area contributed by atoms with Gasteiger partial charge in [0.25, 0.3) is 0 Å². The standard InChI is InChI=1S/C24H25NO6/c1-4-29-13-19-18-7-5-6-8-21(18)31-22(19)24(28)30-14-20(26)16-9-11-17(12-10-16)25-23(27)15(2)3/h5-12,15H,4,13-14H2,1-3H3,(H,25,27). The molecule has 1 N–H and O–H groups in total. The second-order valence-electron chi connectivity index (χ2n) is 7.26. The van der Waals surface area contributed by atoms with Crippen molar-refractivity contribution in [2.45, 2.75) is 27.4 Å². The first-order valence-corrected chi connectivity index (χ1v) is 10.1. The first kappa shape index (κ1) is 22.2. The summed E-state index contributed by atoms with van der Waals surface area (Å²) in [5, 5.41) is 3.53. The molecule has 0 bridgehead atoms. The Hall–Kier alpha value is -3.45. The summed E-state index contributed by atoms with van der Waals surface area (Å²) in [6.07, 6.45) is 0. The summed E-state index contributed by atoms with van der Waals surface area (Å²) in [5.74, 6) is -1.31. The number of rotatable bonds is 9. The molecule has 0 saturated heterocycles. The Balaban J connectivity index is 1.66. The normalized spacial score (nSPS) is 11.0. The molecule has 0 atom stereocenters. The number of esters is 1. The molecule has 0 spiro atoms. The number of ketones is 1. The lowest BCUT2D eigenvalue weighted by molar-refractivity contribution is -0.118. The van der Waals surface area contributed by atoms with Crippen LogP contribution in [0.3, 0.4) is 0 Å². The van der Waals surface area contributed by atoms with Gasteiger partial charge in [-0.15, -0.1) is 0 Å². The van der Waals surface area contributed by atoms with Gasteiger partial charge in [0.2, 0.25) is 11.7 Å². The molecule has 162 valence electrons. The lowest BCUT2D eigenvalue weighted by atomic mass is 10.1. The van der Waals surface area contributed by atoms with Crippen molar-refractivity contribution in [2.75, 3.05) is 18.5 Å². The molecule has 7 heteroatoms. The third-order valence-electron chi connectivity index (χ3n) is 4.67. The number of carbonyl (C=O) groups excluding carboxylic acids is 3. The van der Waals surface area contributed by atoms with Crippen LogP contribution in [0.1, 0.15) is 47.2 Å². The largest absolute Gasteiger partial charge is 0.451 e. The van der Waals surface area contributed by atoms with Crippen molar-refractivity contribution in [3.63, 3.8) is 0 Å². The highest BCUT2D eigenvalue weighted by Gasteiger charge is 2.23. The van der Waals surface area contributed by atoms with Crippen molar-refractivity contribution >= 4 is 34.3 Å². The minimum absolute atomic E-state index is 0.0363. The molecular weight excluding hydrogens is 398 g/mol. The van der Waals surface area contributed by atoms with Gasteiger partial charge in [0.15, 0.2) is 12.4 Å². The van der Waals surface area contributed by atoms with E-state index in [1.165, 1.54) is 0 Å². The average Bonchev–Trinajstić information content (AvgIpc) is 3.14. The number of ether oxygens (including phenoxy) is 2. The third-order valence-corrected chi connectivity index (χ3v) is 4.67. The van der Waals surface area contributed by atoms with Crippen LogP contribution in [0.4, 0.5) is 5.69 Å². The van der Waals surface area contributed by atoms with Crippen LogP contribution < -0.4 is 5.32 Å². The van der Waals surface area contributed by atoms with Crippen molar-refractivity contribution in [3.05, 3.63) is 65.4 Å². The first-order valence-electron chi connectivity index (χ1n) is 10.1. The molecule has 0 fully saturated rings. The maximum absolute atomic E-state index is 12.6. The van der Waals surface area contributed by atoms with Gasteiger partial charge >= 0.3 is 5.97 Å². The van der Waals surface area contributed by atoms with E-state index in [4.69, 9.17) is 13.9 Å².